The molecule has 5 nitrogen and oxygen atoms in total. The van der Waals surface area contributed by atoms with E-state index in [0.717, 1.165) is 36.6 Å². The van der Waals surface area contributed by atoms with Crippen molar-refractivity contribution in [1.29, 1.82) is 0 Å². The number of hydrogen-bond donors (Lipinski definition) is 0. The monoisotopic (exact) mass is 369 g/mol. The van der Waals surface area contributed by atoms with Gasteiger partial charge in [0.2, 0.25) is 5.91 Å². The summed E-state index contributed by atoms with van der Waals surface area (Å²) in [5.41, 5.74) is 3.78. The van der Waals surface area contributed by atoms with Gasteiger partial charge in [-0.3, -0.25) is 9.48 Å². The highest BCUT2D eigenvalue weighted by Crippen LogP contribution is 2.29. The lowest BCUT2D eigenvalue weighted by Gasteiger charge is -2.24. The molecule has 0 bridgehead atoms. The minimum Gasteiger partial charge on any atom is -0.467 e. The summed E-state index contributed by atoms with van der Waals surface area (Å²) in [5, 5.41) is 4.73. The second-order valence-electron chi connectivity index (χ2n) is 8.22. The molecule has 1 saturated carbocycles. The Balaban J connectivity index is 1.45. The lowest BCUT2D eigenvalue weighted by atomic mass is 9.86. The van der Waals surface area contributed by atoms with Crippen LogP contribution in [0.3, 0.4) is 0 Å². The van der Waals surface area contributed by atoms with Crippen LogP contribution in [0.5, 0.6) is 0 Å². The van der Waals surface area contributed by atoms with E-state index >= 15 is 0 Å². The Kier molecular flexibility index (Phi) is 5.65. The molecule has 0 atom stereocenters. The molecular weight excluding hydrogens is 338 g/mol. The molecule has 4 rings (SSSR count). The Hall–Kier alpha value is -2.04. The molecule has 1 fully saturated rings. The summed E-state index contributed by atoms with van der Waals surface area (Å²) in [4.78, 5) is 15.0. The van der Waals surface area contributed by atoms with Gasteiger partial charge < -0.3 is 9.32 Å². The van der Waals surface area contributed by atoms with Crippen LogP contribution in [-0.4, -0.2) is 20.6 Å². The molecule has 0 spiro atoms. The lowest BCUT2D eigenvalue weighted by molar-refractivity contribution is -0.133. The molecule has 27 heavy (non-hydrogen) atoms. The highest BCUT2D eigenvalue weighted by atomic mass is 16.3. The van der Waals surface area contributed by atoms with Crippen molar-refractivity contribution < 1.29 is 9.21 Å². The van der Waals surface area contributed by atoms with Crippen molar-refractivity contribution >= 4 is 5.91 Å². The number of rotatable bonds is 7. The van der Waals surface area contributed by atoms with Gasteiger partial charge in [-0.05, 0) is 49.3 Å². The van der Waals surface area contributed by atoms with Gasteiger partial charge in [-0.25, -0.2) is 0 Å². The highest BCUT2D eigenvalue weighted by Gasteiger charge is 2.25. The van der Waals surface area contributed by atoms with E-state index in [4.69, 9.17) is 9.52 Å². The molecule has 0 N–H and O–H groups in total. The number of aromatic nitrogens is 2. The molecule has 1 amide bonds. The van der Waals surface area contributed by atoms with Crippen LogP contribution in [-0.2, 0) is 37.8 Å². The largest absolute Gasteiger partial charge is 0.467 e. The van der Waals surface area contributed by atoms with Crippen molar-refractivity contribution in [1.82, 2.24) is 14.7 Å². The first-order valence-corrected chi connectivity index (χ1v) is 10.5. The van der Waals surface area contributed by atoms with E-state index in [1.165, 1.54) is 49.8 Å². The van der Waals surface area contributed by atoms with E-state index in [2.05, 4.69) is 0 Å². The third-order valence-electron chi connectivity index (χ3n) is 6.31. The quantitative estimate of drug-likeness (QED) is 0.727. The average Bonchev–Trinajstić information content (AvgIpc) is 3.41. The van der Waals surface area contributed by atoms with E-state index in [-0.39, 0.29) is 5.91 Å². The van der Waals surface area contributed by atoms with Gasteiger partial charge in [0.1, 0.15) is 5.76 Å². The smallest absolute Gasteiger partial charge is 0.223 e. The first-order chi connectivity index (χ1) is 13.2. The number of aryl methyl sites for hydroxylation is 1. The maximum Gasteiger partial charge on any atom is 0.223 e. The zero-order valence-electron chi connectivity index (χ0n) is 16.5. The van der Waals surface area contributed by atoms with Crippen LogP contribution in [0, 0.1) is 5.92 Å². The summed E-state index contributed by atoms with van der Waals surface area (Å²) < 4.78 is 7.53. The molecule has 2 heterocycles. The van der Waals surface area contributed by atoms with E-state index in [0.29, 0.717) is 19.5 Å². The Morgan fingerprint density at radius 1 is 1.22 bits per heavy atom. The first-order valence-electron chi connectivity index (χ1n) is 10.5. The molecular formula is C22H31N3O2. The summed E-state index contributed by atoms with van der Waals surface area (Å²) in [6, 6.07) is 3.84. The second-order valence-corrected chi connectivity index (χ2v) is 8.22. The maximum absolute atomic E-state index is 13.1. The van der Waals surface area contributed by atoms with Crippen LogP contribution >= 0.6 is 0 Å². The number of hydrogen-bond acceptors (Lipinski definition) is 3. The van der Waals surface area contributed by atoms with E-state index in [9.17, 15) is 4.79 Å². The Labute approximate surface area is 161 Å². The van der Waals surface area contributed by atoms with Gasteiger partial charge in [0.05, 0.1) is 25.0 Å². The summed E-state index contributed by atoms with van der Waals surface area (Å²) in [6.45, 7) is 1.12. The van der Waals surface area contributed by atoms with Crippen molar-refractivity contribution in [2.45, 2.75) is 77.3 Å². The SMILES string of the molecule is Cn1nc(CN(Cc2ccco2)C(=O)CCC2CCCCC2)c2c1CCC2. The molecule has 0 radical (unpaired) electrons. The van der Waals surface area contributed by atoms with Gasteiger partial charge in [0.25, 0.3) is 0 Å². The van der Waals surface area contributed by atoms with Gasteiger partial charge >= 0.3 is 0 Å². The van der Waals surface area contributed by atoms with Gasteiger partial charge in [-0.15, -0.1) is 0 Å². The number of carbonyl (C=O) groups is 1. The van der Waals surface area contributed by atoms with Crippen LogP contribution in [0.15, 0.2) is 22.8 Å². The van der Waals surface area contributed by atoms with Crippen LogP contribution in [0.4, 0.5) is 0 Å². The van der Waals surface area contributed by atoms with Gasteiger partial charge in [-0.1, -0.05) is 32.1 Å². The summed E-state index contributed by atoms with van der Waals surface area (Å²) in [6.07, 6.45) is 13.3. The van der Waals surface area contributed by atoms with Crippen molar-refractivity contribution in [2.75, 3.05) is 0 Å². The molecule has 2 aliphatic rings. The number of carbonyl (C=O) groups excluding carboxylic acids is 1. The molecule has 0 aromatic carbocycles. The summed E-state index contributed by atoms with van der Waals surface area (Å²) >= 11 is 0. The van der Waals surface area contributed by atoms with Gasteiger partial charge in [0, 0.05) is 19.2 Å². The standard InChI is InChI=1S/C22H31N3O2/c1-24-21-11-5-10-19(21)20(23-24)16-25(15-18-9-6-14-27-18)22(26)13-12-17-7-3-2-4-8-17/h6,9,14,17H,2-5,7-8,10-13,15-16H2,1H3. The fraction of sp³-hybridized carbons (Fsp3) is 0.636. The summed E-state index contributed by atoms with van der Waals surface area (Å²) in [7, 11) is 2.02. The fourth-order valence-electron chi connectivity index (χ4n) is 4.79. The predicted octanol–water partition coefficient (Wildman–Crippen LogP) is 4.39. The first kappa shape index (κ1) is 18.3. The van der Waals surface area contributed by atoms with Gasteiger partial charge in [-0.2, -0.15) is 5.10 Å². The molecule has 2 aliphatic carbocycles. The fourth-order valence-corrected chi connectivity index (χ4v) is 4.79. The minimum absolute atomic E-state index is 0.231. The molecule has 0 saturated heterocycles. The Bertz CT molecular complexity index is 757. The lowest BCUT2D eigenvalue weighted by Crippen LogP contribution is -2.31. The van der Waals surface area contributed by atoms with E-state index < -0.39 is 0 Å². The van der Waals surface area contributed by atoms with Crippen molar-refractivity contribution in [3.05, 3.63) is 41.1 Å². The zero-order valence-corrected chi connectivity index (χ0v) is 16.5. The zero-order chi connectivity index (χ0) is 18.6. The van der Waals surface area contributed by atoms with Crippen molar-refractivity contribution in [3.63, 3.8) is 0 Å². The average molecular weight is 370 g/mol. The molecule has 5 heteroatoms. The Morgan fingerprint density at radius 3 is 2.85 bits per heavy atom. The van der Waals surface area contributed by atoms with Crippen LogP contribution < -0.4 is 0 Å². The van der Waals surface area contributed by atoms with Crippen molar-refractivity contribution in [2.24, 2.45) is 13.0 Å². The van der Waals surface area contributed by atoms with Gasteiger partial charge in [0.15, 0.2) is 0 Å². The second kappa shape index (κ2) is 8.32. The van der Waals surface area contributed by atoms with Crippen LogP contribution in [0.1, 0.15) is 74.1 Å². The third-order valence-corrected chi connectivity index (χ3v) is 6.31. The normalized spacial score (nSPS) is 17.2. The predicted molar refractivity (Wildman–Crippen MR) is 104 cm³/mol. The Morgan fingerprint density at radius 2 is 2.07 bits per heavy atom. The van der Waals surface area contributed by atoms with Crippen molar-refractivity contribution in [3.8, 4) is 0 Å². The molecule has 2 aromatic heterocycles. The maximum atomic E-state index is 13.1. The summed E-state index contributed by atoms with van der Waals surface area (Å²) in [5.74, 6) is 1.80. The molecule has 0 aliphatic heterocycles. The van der Waals surface area contributed by atoms with Crippen LogP contribution in [0.25, 0.3) is 0 Å². The van der Waals surface area contributed by atoms with E-state index in [1.54, 1.807) is 6.26 Å². The van der Waals surface area contributed by atoms with Crippen LogP contribution in [0.2, 0.25) is 0 Å². The van der Waals surface area contributed by atoms with E-state index in [1.807, 2.05) is 28.8 Å². The highest BCUT2D eigenvalue weighted by molar-refractivity contribution is 5.76. The third kappa shape index (κ3) is 4.28. The topological polar surface area (TPSA) is 51.3 Å². The number of furan rings is 1. The minimum atomic E-state index is 0.231. The molecule has 0 unspecified atom stereocenters. The molecule has 146 valence electrons. The number of fused-ring (bicyclic) bond motifs is 1. The molecule has 2 aromatic rings. The number of amides is 1. The number of nitrogens with zero attached hydrogens (tertiary/aromatic N) is 3.